The summed E-state index contributed by atoms with van der Waals surface area (Å²) in [6.45, 7) is 0. The molecule has 0 unspecified atom stereocenters. The Bertz CT molecular complexity index is 825. The number of nitrogens with zero attached hydrogens (tertiary/aromatic N) is 6. The SMILES string of the molecule is Cn1nnc2cnc(N(c3ccccc3)C3CCC(O)CC3)nc21. The van der Waals surface area contributed by atoms with Crippen molar-refractivity contribution in [1.29, 1.82) is 0 Å². The molecule has 0 radical (unpaired) electrons. The lowest BCUT2D eigenvalue weighted by Gasteiger charge is -2.35. The van der Waals surface area contributed by atoms with Crippen LogP contribution < -0.4 is 4.90 Å². The number of aliphatic hydroxyl groups excluding tert-OH is 1. The number of benzene rings is 1. The smallest absolute Gasteiger partial charge is 0.232 e. The van der Waals surface area contributed by atoms with E-state index >= 15 is 0 Å². The molecule has 1 N–H and O–H groups in total. The molecule has 1 fully saturated rings. The fourth-order valence-corrected chi connectivity index (χ4v) is 3.33. The fourth-order valence-electron chi connectivity index (χ4n) is 3.33. The van der Waals surface area contributed by atoms with Gasteiger partial charge >= 0.3 is 0 Å². The number of fused-ring (bicyclic) bond motifs is 1. The molecule has 0 saturated heterocycles. The van der Waals surface area contributed by atoms with Crippen LogP contribution in [0.25, 0.3) is 11.2 Å². The zero-order valence-electron chi connectivity index (χ0n) is 13.6. The van der Waals surface area contributed by atoms with Crippen LogP contribution in [0.4, 0.5) is 11.6 Å². The molecule has 7 nitrogen and oxygen atoms in total. The van der Waals surface area contributed by atoms with E-state index in [4.69, 9.17) is 4.98 Å². The van der Waals surface area contributed by atoms with E-state index in [-0.39, 0.29) is 12.1 Å². The normalized spacial score (nSPS) is 21.1. The van der Waals surface area contributed by atoms with E-state index < -0.39 is 0 Å². The minimum Gasteiger partial charge on any atom is -0.393 e. The van der Waals surface area contributed by atoms with Gasteiger partial charge in [-0.05, 0) is 37.8 Å². The van der Waals surface area contributed by atoms with Gasteiger partial charge in [0.2, 0.25) is 5.95 Å². The topological polar surface area (TPSA) is 80.0 Å². The molecule has 2 heterocycles. The molecule has 0 spiro atoms. The summed E-state index contributed by atoms with van der Waals surface area (Å²) in [6, 6.07) is 10.4. The van der Waals surface area contributed by atoms with E-state index in [0.29, 0.717) is 11.5 Å². The standard InChI is InChI=1S/C17H20N6O/c1-22-16-15(20-21-22)11-18-17(19-16)23(12-5-3-2-4-6-12)13-7-9-14(24)10-8-13/h2-6,11,13-14,24H,7-10H2,1H3. The number of aliphatic hydroxyl groups is 1. The number of aryl methyl sites for hydroxylation is 1. The van der Waals surface area contributed by atoms with Crippen molar-refractivity contribution in [2.75, 3.05) is 4.90 Å². The Balaban J connectivity index is 1.77. The summed E-state index contributed by atoms with van der Waals surface area (Å²) in [4.78, 5) is 11.4. The summed E-state index contributed by atoms with van der Waals surface area (Å²) >= 11 is 0. The molecule has 1 saturated carbocycles. The second kappa shape index (κ2) is 6.16. The van der Waals surface area contributed by atoms with Gasteiger partial charge in [0.15, 0.2) is 11.2 Å². The quantitative estimate of drug-likeness (QED) is 0.795. The van der Waals surface area contributed by atoms with Crippen LogP contribution in [0, 0.1) is 0 Å². The first-order valence-corrected chi connectivity index (χ1v) is 8.27. The van der Waals surface area contributed by atoms with Crippen LogP contribution >= 0.6 is 0 Å². The molecule has 0 aliphatic heterocycles. The lowest BCUT2D eigenvalue weighted by atomic mass is 9.92. The second-order valence-electron chi connectivity index (χ2n) is 6.26. The molecule has 2 aromatic heterocycles. The van der Waals surface area contributed by atoms with Gasteiger partial charge in [0.25, 0.3) is 0 Å². The van der Waals surface area contributed by atoms with Crippen LogP contribution in [0.15, 0.2) is 36.5 Å². The summed E-state index contributed by atoms with van der Waals surface area (Å²) in [6.07, 6.45) is 4.98. The van der Waals surface area contributed by atoms with E-state index in [2.05, 4.69) is 32.3 Å². The summed E-state index contributed by atoms with van der Waals surface area (Å²) < 4.78 is 1.66. The van der Waals surface area contributed by atoms with Gasteiger partial charge in [-0.15, -0.1) is 5.10 Å². The third-order valence-electron chi connectivity index (χ3n) is 4.61. The van der Waals surface area contributed by atoms with E-state index in [1.165, 1.54) is 0 Å². The van der Waals surface area contributed by atoms with E-state index in [9.17, 15) is 5.11 Å². The van der Waals surface area contributed by atoms with Crippen LogP contribution in [0.1, 0.15) is 25.7 Å². The van der Waals surface area contributed by atoms with Gasteiger partial charge in [0.1, 0.15) is 0 Å². The Labute approximate surface area is 140 Å². The lowest BCUT2D eigenvalue weighted by Crippen LogP contribution is -2.37. The second-order valence-corrected chi connectivity index (χ2v) is 6.26. The Morgan fingerprint density at radius 3 is 2.62 bits per heavy atom. The van der Waals surface area contributed by atoms with Crippen LogP contribution in [0.3, 0.4) is 0 Å². The highest BCUT2D eigenvalue weighted by atomic mass is 16.3. The van der Waals surface area contributed by atoms with Gasteiger partial charge < -0.3 is 10.0 Å². The summed E-state index contributed by atoms with van der Waals surface area (Å²) in [5, 5.41) is 17.9. The van der Waals surface area contributed by atoms with Crippen LogP contribution in [-0.4, -0.2) is 42.2 Å². The minimum absolute atomic E-state index is 0.191. The molecule has 0 amide bonds. The molecule has 124 valence electrons. The zero-order chi connectivity index (χ0) is 16.5. The zero-order valence-corrected chi connectivity index (χ0v) is 13.6. The first kappa shape index (κ1) is 15.0. The molecule has 4 rings (SSSR count). The predicted molar refractivity (Wildman–Crippen MR) is 90.9 cm³/mol. The first-order chi connectivity index (χ1) is 11.7. The molecule has 0 bridgehead atoms. The van der Waals surface area contributed by atoms with Crippen molar-refractivity contribution in [2.45, 2.75) is 37.8 Å². The number of hydrogen-bond acceptors (Lipinski definition) is 6. The molecule has 0 atom stereocenters. The number of rotatable bonds is 3. The molecule has 1 aliphatic rings. The molecule has 1 aromatic carbocycles. The van der Waals surface area contributed by atoms with Gasteiger partial charge in [-0.2, -0.15) is 4.98 Å². The van der Waals surface area contributed by atoms with Crippen molar-refractivity contribution in [3.63, 3.8) is 0 Å². The number of anilines is 2. The third kappa shape index (κ3) is 2.71. The van der Waals surface area contributed by atoms with Gasteiger partial charge in [0.05, 0.1) is 12.3 Å². The van der Waals surface area contributed by atoms with Crippen molar-refractivity contribution in [1.82, 2.24) is 25.0 Å². The van der Waals surface area contributed by atoms with E-state index in [1.54, 1.807) is 10.9 Å². The Kier molecular flexibility index (Phi) is 3.86. The van der Waals surface area contributed by atoms with Gasteiger partial charge in [0, 0.05) is 18.8 Å². The van der Waals surface area contributed by atoms with Gasteiger partial charge in [-0.1, -0.05) is 23.4 Å². The lowest BCUT2D eigenvalue weighted by molar-refractivity contribution is 0.123. The maximum Gasteiger partial charge on any atom is 0.232 e. The van der Waals surface area contributed by atoms with Crippen molar-refractivity contribution in [2.24, 2.45) is 7.05 Å². The number of aromatic nitrogens is 5. The molecule has 1 aliphatic carbocycles. The molecule has 24 heavy (non-hydrogen) atoms. The molecular weight excluding hydrogens is 304 g/mol. The monoisotopic (exact) mass is 324 g/mol. The fraction of sp³-hybridized carbons (Fsp3) is 0.412. The summed E-state index contributed by atoms with van der Waals surface area (Å²) in [5.74, 6) is 0.653. The van der Waals surface area contributed by atoms with Crippen LogP contribution in [0.2, 0.25) is 0 Å². The molecule has 3 aromatic rings. The van der Waals surface area contributed by atoms with Crippen molar-refractivity contribution < 1.29 is 5.11 Å². The predicted octanol–water partition coefficient (Wildman–Crippen LogP) is 2.20. The van der Waals surface area contributed by atoms with Crippen molar-refractivity contribution in [3.05, 3.63) is 36.5 Å². The van der Waals surface area contributed by atoms with Crippen LogP contribution in [0.5, 0.6) is 0 Å². The minimum atomic E-state index is -0.191. The Hall–Kier alpha value is -2.54. The average Bonchev–Trinajstić information content (AvgIpc) is 2.99. The Morgan fingerprint density at radius 1 is 1.12 bits per heavy atom. The van der Waals surface area contributed by atoms with Crippen molar-refractivity contribution in [3.8, 4) is 0 Å². The summed E-state index contributed by atoms with van der Waals surface area (Å²) in [5.41, 5.74) is 2.47. The maximum atomic E-state index is 9.83. The largest absolute Gasteiger partial charge is 0.393 e. The van der Waals surface area contributed by atoms with E-state index in [0.717, 1.165) is 37.0 Å². The molecule has 7 heteroatoms. The van der Waals surface area contributed by atoms with Crippen molar-refractivity contribution >= 4 is 22.8 Å². The van der Waals surface area contributed by atoms with Crippen LogP contribution in [-0.2, 0) is 7.05 Å². The number of para-hydroxylation sites is 1. The highest BCUT2D eigenvalue weighted by molar-refractivity contribution is 5.71. The number of hydrogen-bond donors (Lipinski definition) is 1. The van der Waals surface area contributed by atoms with E-state index in [1.807, 2.05) is 25.2 Å². The summed E-state index contributed by atoms with van der Waals surface area (Å²) in [7, 11) is 1.83. The Morgan fingerprint density at radius 2 is 1.88 bits per heavy atom. The average molecular weight is 324 g/mol. The highest BCUT2D eigenvalue weighted by Gasteiger charge is 2.28. The van der Waals surface area contributed by atoms with Gasteiger partial charge in [-0.3, -0.25) is 0 Å². The van der Waals surface area contributed by atoms with Gasteiger partial charge in [-0.25, -0.2) is 9.67 Å². The molecular formula is C17H20N6O. The maximum absolute atomic E-state index is 9.83. The highest BCUT2D eigenvalue weighted by Crippen LogP contribution is 2.32. The third-order valence-corrected chi connectivity index (χ3v) is 4.61. The first-order valence-electron chi connectivity index (χ1n) is 8.27.